The molecule has 0 atom stereocenters. The summed E-state index contributed by atoms with van der Waals surface area (Å²) in [5, 5.41) is 2.90. The van der Waals surface area contributed by atoms with Gasteiger partial charge in [0, 0.05) is 22.8 Å². The van der Waals surface area contributed by atoms with E-state index in [1.807, 2.05) is 56.5 Å². The highest BCUT2D eigenvalue weighted by molar-refractivity contribution is 6.03. The molecule has 0 aliphatic rings. The minimum absolute atomic E-state index is 0.196. The van der Waals surface area contributed by atoms with Crippen molar-refractivity contribution in [2.75, 3.05) is 5.32 Å². The predicted octanol–water partition coefficient (Wildman–Crippen LogP) is 3.34. The summed E-state index contributed by atoms with van der Waals surface area (Å²) >= 11 is 0. The highest BCUT2D eigenvalue weighted by Gasteiger charge is 2.15. The fourth-order valence-electron chi connectivity index (χ4n) is 2.64. The fourth-order valence-corrected chi connectivity index (χ4v) is 2.64. The number of amides is 1. The molecule has 0 fully saturated rings. The highest BCUT2D eigenvalue weighted by atomic mass is 16.1. The van der Waals surface area contributed by atoms with Gasteiger partial charge in [0.2, 0.25) is 0 Å². The second kappa shape index (κ2) is 6.31. The van der Waals surface area contributed by atoms with Crippen LogP contribution in [0.3, 0.4) is 0 Å². The van der Waals surface area contributed by atoms with Gasteiger partial charge in [0.05, 0.1) is 12.0 Å². The summed E-state index contributed by atoms with van der Waals surface area (Å²) in [6.07, 6.45) is 2.54. The zero-order valence-electron chi connectivity index (χ0n) is 14.3. The van der Waals surface area contributed by atoms with Crippen molar-refractivity contribution in [2.24, 2.45) is 0 Å². The van der Waals surface area contributed by atoms with Gasteiger partial charge in [0.15, 0.2) is 0 Å². The molecule has 0 bridgehead atoms. The van der Waals surface area contributed by atoms with Crippen LogP contribution in [0, 0.1) is 20.8 Å². The third-order valence-corrected chi connectivity index (χ3v) is 4.12. The Morgan fingerprint density at radius 3 is 2.50 bits per heavy atom. The lowest BCUT2D eigenvalue weighted by molar-refractivity contribution is 0.102. The van der Waals surface area contributed by atoms with E-state index in [-0.39, 0.29) is 5.91 Å². The molecular formula is C18H21N5O. The average molecular weight is 323 g/mol. The molecule has 0 aliphatic heterocycles. The minimum atomic E-state index is -0.196. The summed E-state index contributed by atoms with van der Waals surface area (Å²) in [5.74, 6) is 0.553. The first-order valence-corrected chi connectivity index (χ1v) is 7.97. The Balaban J connectivity index is 1.79. The summed E-state index contributed by atoms with van der Waals surface area (Å²) in [6.45, 7) is 7.86. The van der Waals surface area contributed by atoms with Gasteiger partial charge in [-0.05, 0) is 51.5 Å². The normalized spacial score (nSPS) is 10.8. The lowest BCUT2D eigenvalue weighted by Crippen LogP contribution is -2.14. The number of aryl methyl sites for hydroxylation is 3. The average Bonchev–Trinajstić information content (AvgIpc) is 3.11. The number of nitrogens with one attached hydrogen (secondary N) is 2. The molecule has 6 nitrogen and oxygen atoms in total. The molecule has 1 amide bonds. The number of nitrogens with zero attached hydrogens (tertiary/aromatic N) is 3. The fraction of sp³-hybridized carbons (Fsp3) is 0.278. The maximum Gasteiger partial charge on any atom is 0.276 e. The lowest BCUT2D eigenvalue weighted by Gasteiger charge is -2.08. The first-order chi connectivity index (χ1) is 11.5. The van der Waals surface area contributed by atoms with Crippen molar-refractivity contribution in [3.8, 4) is 5.69 Å². The number of benzene rings is 1. The van der Waals surface area contributed by atoms with Crippen LogP contribution >= 0.6 is 0 Å². The summed E-state index contributed by atoms with van der Waals surface area (Å²) < 4.78 is 2.02. The Kier molecular flexibility index (Phi) is 4.20. The maximum atomic E-state index is 12.4. The molecule has 6 heteroatoms. The Labute approximate surface area is 141 Å². The molecule has 0 saturated heterocycles. The Hall–Kier alpha value is -2.89. The third kappa shape index (κ3) is 2.95. The van der Waals surface area contributed by atoms with E-state index in [1.165, 1.54) is 0 Å². The van der Waals surface area contributed by atoms with Crippen molar-refractivity contribution in [3.63, 3.8) is 0 Å². The van der Waals surface area contributed by atoms with E-state index in [4.69, 9.17) is 0 Å². The predicted molar refractivity (Wildman–Crippen MR) is 93.7 cm³/mol. The molecule has 124 valence electrons. The number of H-pyrrole nitrogens is 1. The van der Waals surface area contributed by atoms with Crippen LogP contribution in [0.4, 0.5) is 5.69 Å². The van der Waals surface area contributed by atoms with Crippen LogP contribution in [0.5, 0.6) is 0 Å². The molecule has 0 aliphatic carbocycles. The van der Waals surface area contributed by atoms with Crippen molar-refractivity contribution in [1.29, 1.82) is 0 Å². The highest BCUT2D eigenvalue weighted by Crippen LogP contribution is 2.18. The van der Waals surface area contributed by atoms with E-state index in [1.54, 1.807) is 6.33 Å². The van der Waals surface area contributed by atoms with Crippen LogP contribution < -0.4 is 5.32 Å². The first-order valence-electron chi connectivity index (χ1n) is 7.97. The lowest BCUT2D eigenvalue weighted by atomic mass is 10.2. The van der Waals surface area contributed by atoms with E-state index in [0.29, 0.717) is 5.69 Å². The molecule has 3 aromatic rings. The number of imidazole rings is 2. The third-order valence-electron chi connectivity index (χ3n) is 4.12. The molecule has 2 N–H and O–H groups in total. The van der Waals surface area contributed by atoms with E-state index in [0.717, 1.165) is 40.7 Å². The smallest absolute Gasteiger partial charge is 0.276 e. The van der Waals surface area contributed by atoms with Crippen molar-refractivity contribution in [1.82, 2.24) is 19.5 Å². The largest absolute Gasteiger partial charge is 0.345 e. The van der Waals surface area contributed by atoms with Crippen LogP contribution in [-0.4, -0.2) is 25.4 Å². The van der Waals surface area contributed by atoms with Gasteiger partial charge in [-0.1, -0.05) is 6.92 Å². The summed E-state index contributed by atoms with van der Waals surface area (Å²) in [5.41, 5.74) is 5.17. The SMILES string of the molecule is CCc1[nH]c(C)nc1C(=O)Nc1ccc(-n2cnc(C)c2C)cc1. The van der Waals surface area contributed by atoms with Gasteiger partial charge in [0.1, 0.15) is 11.5 Å². The van der Waals surface area contributed by atoms with Gasteiger partial charge in [-0.3, -0.25) is 4.79 Å². The maximum absolute atomic E-state index is 12.4. The standard InChI is InChI=1S/C18H21N5O/c1-5-16-17(21-13(4)20-16)18(24)22-14-6-8-15(9-7-14)23-10-19-11(2)12(23)3/h6-10H,5H2,1-4H3,(H,20,21)(H,22,24). The van der Waals surface area contributed by atoms with Gasteiger partial charge in [-0.25, -0.2) is 9.97 Å². The molecule has 0 unspecified atom stereocenters. The number of aromatic nitrogens is 4. The number of hydrogen-bond acceptors (Lipinski definition) is 3. The van der Waals surface area contributed by atoms with Gasteiger partial charge < -0.3 is 14.9 Å². The monoisotopic (exact) mass is 323 g/mol. The number of hydrogen-bond donors (Lipinski definition) is 2. The van der Waals surface area contributed by atoms with Crippen LogP contribution in [0.15, 0.2) is 30.6 Å². The van der Waals surface area contributed by atoms with Crippen molar-refractivity contribution in [2.45, 2.75) is 34.1 Å². The molecule has 0 saturated carbocycles. The quantitative estimate of drug-likeness (QED) is 0.773. The minimum Gasteiger partial charge on any atom is -0.345 e. The molecule has 3 rings (SSSR count). The van der Waals surface area contributed by atoms with E-state index >= 15 is 0 Å². The van der Waals surface area contributed by atoms with E-state index in [9.17, 15) is 4.79 Å². The first kappa shape index (κ1) is 16.0. The summed E-state index contributed by atoms with van der Waals surface area (Å²) in [6, 6.07) is 7.68. The Morgan fingerprint density at radius 2 is 1.92 bits per heavy atom. The van der Waals surface area contributed by atoms with Gasteiger partial charge in [-0.2, -0.15) is 0 Å². The molecule has 0 radical (unpaired) electrons. The molecular weight excluding hydrogens is 302 g/mol. The van der Waals surface area contributed by atoms with Crippen molar-refractivity contribution < 1.29 is 4.79 Å². The number of rotatable bonds is 4. The van der Waals surface area contributed by atoms with Crippen LogP contribution in [0.1, 0.15) is 40.3 Å². The Morgan fingerprint density at radius 1 is 1.21 bits per heavy atom. The van der Waals surface area contributed by atoms with Crippen LogP contribution in [0.2, 0.25) is 0 Å². The van der Waals surface area contributed by atoms with Crippen LogP contribution in [-0.2, 0) is 6.42 Å². The number of carbonyl (C=O) groups is 1. The van der Waals surface area contributed by atoms with Crippen molar-refractivity contribution in [3.05, 3.63) is 59.2 Å². The second-order valence-electron chi connectivity index (χ2n) is 5.79. The zero-order chi connectivity index (χ0) is 17.3. The van der Waals surface area contributed by atoms with Gasteiger partial charge in [-0.15, -0.1) is 0 Å². The number of aromatic amines is 1. The van der Waals surface area contributed by atoms with Gasteiger partial charge >= 0.3 is 0 Å². The second-order valence-corrected chi connectivity index (χ2v) is 5.79. The molecule has 2 aromatic heterocycles. The van der Waals surface area contributed by atoms with Crippen LogP contribution in [0.25, 0.3) is 5.69 Å². The van der Waals surface area contributed by atoms with E-state index < -0.39 is 0 Å². The number of anilines is 1. The van der Waals surface area contributed by atoms with Crippen molar-refractivity contribution >= 4 is 11.6 Å². The molecule has 1 aromatic carbocycles. The summed E-state index contributed by atoms with van der Waals surface area (Å²) in [7, 11) is 0. The zero-order valence-corrected chi connectivity index (χ0v) is 14.3. The number of carbonyl (C=O) groups excluding carboxylic acids is 1. The molecule has 2 heterocycles. The topological polar surface area (TPSA) is 75.6 Å². The van der Waals surface area contributed by atoms with E-state index in [2.05, 4.69) is 20.3 Å². The summed E-state index contributed by atoms with van der Waals surface area (Å²) in [4.78, 5) is 24.1. The van der Waals surface area contributed by atoms with Gasteiger partial charge in [0.25, 0.3) is 5.91 Å². The Bertz CT molecular complexity index is 873. The molecule has 24 heavy (non-hydrogen) atoms. The molecule has 0 spiro atoms.